The molecule has 4 heteroatoms. The van der Waals surface area contributed by atoms with Crippen molar-refractivity contribution in [2.24, 2.45) is 5.92 Å². The summed E-state index contributed by atoms with van der Waals surface area (Å²) in [6, 6.07) is 10.2. The van der Waals surface area contributed by atoms with Gasteiger partial charge in [0.25, 0.3) is 0 Å². The molecule has 1 aromatic rings. The summed E-state index contributed by atoms with van der Waals surface area (Å²) in [4.78, 5) is 16.8. The molecular formula is C16H23N3O. The van der Waals surface area contributed by atoms with E-state index >= 15 is 0 Å². The number of carbonyl (C=O) groups is 1. The van der Waals surface area contributed by atoms with E-state index in [1.165, 1.54) is 12.0 Å². The highest BCUT2D eigenvalue weighted by Gasteiger charge is 2.33. The molecular weight excluding hydrogens is 250 g/mol. The van der Waals surface area contributed by atoms with Crippen LogP contribution in [0, 0.1) is 5.92 Å². The van der Waals surface area contributed by atoms with Gasteiger partial charge in [0.05, 0.1) is 12.7 Å². The van der Waals surface area contributed by atoms with Gasteiger partial charge < -0.3 is 9.80 Å². The minimum Gasteiger partial charge on any atom is -0.328 e. The van der Waals surface area contributed by atoms with Crippen LogP contribution in [-0.2, 0) is 11.2 Å². The first-order valence-electron chi connectivity index (χ1n) is 7.47. The Morgan fingerprint density at radius 2 is 2.10 bits per heavy atom. The number of nitrogens with one attached hydrogen (secondary N) is 1. The van der Waals surface area contributed by atoms with Crippen molar-refractivity contribution in [1.29, 1.82) is 0 Å². The fourth-order valence-electron chi connectivity index (χ4n) is 3.26. The second-order valence-corrected chi connectivity index (χ2v) is 6.08. The second-order valence-electron chi connectivity index (χ2n) is 6.08. The third-order valence-electron chi connectivity index (χ3n) is 4.39. The molecule has 2 heterocycles. The van der Waals surface area contributed by atoms with Crippen molar-refractivity contribution in [2.75, 3.05) is 33.4 Å². The van der Waals surface area contributed by atoms with E-state index in [0.717, 1.165) is 26.1 Å². The molecule has 1 amide bonds. The summed E-state index contributed by atoms with van der Waals surface area (Å²) in [5.74, 6) is 0.907. The number of amides is 1. The van der Waals surface area contributed by atoms with Crippen LogP contribution in [0.1, 0.15) is 12.0 Å². The van der Waals surface area contributed by atoms with E-state index in [4.69, 9.17) is 0 Å². The van der Waals surface area contributed by atoms with Crippen LogP contribution < -0.4 is 5.32 Å². The molecule has 0 bridgehead atoms. The largest absolute Gasteiger partial charge is 0.328 e. The Morgan fingerprint density at radius 3 is 2.80 bits per heavy atom. The highest BCUT2D eigenvalue weighted by molar-refractivity contribution is 5.84. The maximum Gasteiger partial charge on any atom is 0.241 e. The summed E-state index contributed by atoms with van der Waals surface area (Å²) in [6.07, 6.45) is 2.00. The Hall–Kier alpha value is -1.39. The smallest absolute Gasteiger partial charge is 0.241 e. The van der Waals surface area contributed by atoms with E-state index in [-0.39, 0.29) is 11.9 Å². The molecule has 20 heavy (non-hydrogen) atoms. The second kappa shape index (κ2) is 5.94. The average Bonchev–Trinajstić information content (AvgIpc) is 3.01. The highest BCUT2D eigenvalue weighted by atomic mass is 16.2. The van der Waals surface area contributed by atoms with Gasteiger partial charge in [0, 0.05) is 13.1 Å². The molecule has 0 radical (unpaired) electrons. The third-order valence-corrected chi connectivity index (χ3v) is 4.39. The van der Waals surface area contributed by atoms with Crippen molar-refractivity contribution in [2.45, 2.75) is 18.9 Å². The van der Waals surface area contributed by atoms with Gasteiger partial charge in [0.2, 0.25) is 5.91 Å². The van der Waals surface area contributed by atoms with Crippen LogP contribution in [-0.4, -0.2) is 55.1 Å². The highest BCUT2D eigenvalue weighted by Crippen LogP contribution is 2.18. The molecule has 0 aliphatic carbocycles. The number of benzene rings is 1. The normalized spacial score (nSPS) is 27.4. The van der Waals surface area contributed by atoms with Gasteiger partial charge in [0.15, 0.2) is 0 Å². The zero-order valence-electron chi connectivity index (χ0n) is 12.1. The monoisotopic (exact) mass is 273 g/mol. The van der Waals surface area contributed by atoms with Crippen molar-refractivity contribution < 1.29 is 4.79 Å². The van der Waals surface area contributed by atoms with E-state index < -0.39 is 0 Å². The summed E-state index contributed by atoms with van der Waals surface area (Å²) in [6.45, 7) is 3.89. The summed E-state index contributed by atoms with van der Waals surface area (Å²) < 4.78 is 0. The fourth-order valence-corrected chi connectivity index (χ4v) is 3.26. The van der Waals surface area contributed by atoms with Gasteiger partial charge in [-0.2, -0.15) is 0 Å². The first-order valence-corrected chi connectivity index (χ1v) is 7.47. The topological polar surface area (TPSA) is 35.6 Å². The lowest BCUT2D eigenvalue weighted by molar-refractivity contribution is -0.129. The molecule has 2 aliphatic heterocycles. The number of carbonyl (C=O) groups excluding carboxylic acids is 1. The molecule has 2 saturated heterocycles. The predicted octanol–water partition coefficient (Wildman–Crippen LogP) is 0.939. The van der Waals surface area contributed by atoms with E-state index in [1.54, 1.807) is 0 Å². The van der Waals surface area contributed by atoms with Crippen LogP contribution in [0.4, 0.5) is 0 Å². The lowest BCUT2D eigenvalue weighted by atomic mass is 10.1. The van der Waals surface area contributed by atoms with E-state index in [0.29, 0.717) is 12.6 Å². The number of hydrogen-bond donors (Lipinski definition) is 1. The fraction of sp³-hybridized carbons (Fsp3) is 0.562. The van der Waals surface area contributed by atoms with Gasteiger partial charge in [-0.15, -0.1) is 0 Å². The van der Waals surface area contributed by atoms with Gasteiger partial charge >= 0.3 is 0 Å². The Morgan fingerprint density at radius 1 is 1.30 bits per heavy atom. The molecule has 2 unspecified atom stereocenters. The van der Waals surface area contributed by atoms with Crippen LogP contribution in [0.5, 0.6) is 0 Å². The standard InChI is InChI=1S/C16H23N3O/c1-18-8-7-14(10-18)11-19-12-17-15(16(19)20)9-13-5-3-2-4-6-13/h2-6,14-15,17H,7-12H2,1H3. The summed E-state index contributed by atoms with van der Waals surface area (Å²) in [5.41, 5.74) is 1.22. The van der Waals surface area contributed by atoms with E-state index in [2.05, 4.69) is 29.4 Å². The maximum atomic E-state index is 12.4. The quantitative estimate of drug-likeness (QED) is 0.887. The molecule has 2 atom stereocenters. The summed E-state index contributed by atoms with van der Waals surface area (Å²) >= 11 is 0. The molecule has 3 rings (SSSR count). The van der Waals surface area contributed by atoms with Crippen molar-refractivity contribution in [3.63, 3.8) is 0 Å². The maximum absolute atomic E-state index is 12.4. The van der Waals surface area contributed by atoms with Crippen molar-refractivity contribution in [3.05, 3.63) is 35.9 Å². The summed E-state index contributed by atoms with van der Waals surface area (Å²) in [7, 11) is 2.16. The minimum absolute atomic E-state index is 0.0449. The number of likely N-dealkylation sites (tertiary alicyclic amines) is 1. The molecule has 2 aliphatic rings. The van der Waals surface area contributed by atoms with E-state index in [9.17, 15) is 4.79 Å². The van der Waals surface area contributed by atoms with Gasteiger partial charge in [-0.25, -0.2) is 0 Å². The first-order chi connectivity index (χ1) is 9.72. The lowest BCUT2D eigenvalue weighted by Gasteiger charge is -2.20. The van der Waals surface area contributed by atoms with Gasteiger partial charge in [-0.3, -0.25) is 10.1 Å². The Labute approximate surface area is 120 Å². The number of rotatable bonds is 4. The van der Waals surface area contributed by atoms with Crippen LogP contribution in [0.2, 0.25) is 0 Å². The van der Waals surface area contributed by atoms with Gasteiger partial charge in [0.1, 0.15) is 0 Å². The Kier molecular flexibility index (Phi) is 4.03. The third kappa shape index (κ3) is 3.02. The predicted molar refractivity (Wildman–Crippen MR) is 79.3 cm³/mol. The molecule has 0 spiro atoms. The average molecular weight is 273 g/mol. The van der Waals surface area contributed by atoms with Crippen molar-refractivity contribution >= 4 is 5.91 Å². The van der Waals surface area contributed by atoms with Crippen molar-refractivity contribution in [1.82, 2.24) is 15.1 Å². The molecule has 0 saturated carbocycles. The lowest BCUT2D eigenvalue weighted by Crippen LogP contribution is -2.35. The molecule has 108 valence electrons. The first kappa shape index (κ1) is 13.6. The van der Waals surface area contributed by atoms with Crippen LogP contribution >= 0.6 is 0 Å². The molecule has 1 N–H and O–H groups in total. The SMILES string of the molecule is CN1CCC(CN2CNC(Cc3ccccc3)C2=O)C1. The van der Waals surface area contributed by atoms with Crippen molar-refractivity contribution in [3.8, 4) is 0 Å². The van der Waals surface area contributed by atoms with E-state index in [1.807, 2.05) is 23.1 Å². The summed E-state index contributed by atoms with van der Waals surface area (Å²) in [5, 5.41) is 3.35. The minimum atomic E-state index is -0.0449. The van der Waals surface area contributed by atoms with Crippen LogP contribution in [0.3, 0.4) is 0 Å². The molecule has 2 fully saturated rings. The molecule has 0 aromatic heterocycles. The molecule has 1 aromatic carbocycles. The number of nitrogens with zero attached hydrogens (tertiary/aromatic N) is 2. The van der Waals surface area contributed by atoms with Gasteiger partial charge in [-0.1, -0.05) is 30.3 Å². The van der Waals surface area contributed by atoms with Crippen LogP contribution in [0.15, 0.2) is 30.3 Å². The molecule has 4 nitrogen and oxygen atoms in total. The number of hydrogen-bond acceptors (Lipinski definition) is 3. The van der Waals surface area contributed by atoms with Gasteiger partial charge in [-0.05, 0) is 37.9 Å². The Balaban J connectivity index is 1.54. The zero-order valence-corrected chi connectivity index (χ0v) is 12.1. The zero-order chi connectivity index (χ0) is 13.9. The van der Waals surface area contributed by atoms with Crippen LogP contribution in [0.25, 0.3) is 0 Å². The Bertz CT molecular complexity index is 462.